The van der Waals surface area contributed by atoms with Crippen LogP contribution in [0.25, 0.3) is 0 Å². The average molecular weight is 316 g/mol. The number of nitrogens with one attached hydrogen (secondary N) is 1. The van der Waals surface area contributed by atoms with Gasteiger partial charge in [0.25, 0.3) is 5.56 Å². The molecular weight excluding hydrogens is 298 g/mol. The molecule has 0 aliphatic heterocycles. The third-order valence-corrected chi connectivity index (χ3v) is 4.24. The van der Waals surface area contributed by atoms with Crippen molar-refractivity contribution >= 4 is 21.6 Å². The molecular formula is C12H18BrN3O2. The van der Waals surface area contributed by atoms with E-state index in [9.17, 15) is 9.90 Å². The molecule has 0 amide bonds. The molecule has 1 aliphatic rings. The molecule has 1 aromatic heterocycles. The number of halogens is 1. The van der Waals surface area contributed by atoms with Crippen molar-refractivity contribution in [2.75, 3.05) is 11.9 Å². The molecule has 1 aromatic rings. The smallest absolute Gasteiger partial charge is 0.282 e. The fourth-order valence-electron chi connectivity index (χ4n) is 2.24. The third kappa shape index (κ3) is 3.11. The molecule has 0 saturated heterocycles. The van der Waals surface area contributed by atoms with Crippen molar-refractivity contribution in [3.05, 3.63) is 21.0 Å². The fraction of sp³-hybridized carbons (Fsp3) is 0.667. The van der Waals surface area contributed by atoms with Gasteiger partial charge in [-0.1, -0.05) is 0 Å². The summed E-state index contributed by atoms with van der Waals surface area (Å²) in [5.41, 5.74) is 0.600. The molecule has 0 atom stereocenters. The molecule has 1 saturated carbocycles. The number of hydrogen-bond donors (Lipinski definition) is 2. The van der Waals surface area contributed by atoms with E-state index in [4.69, 9.17) is 0 Å². The summed E-state index contributed by atoms with van der Waals surface area (Å²) >= 11 is 3.29. The number of rotatable bonds is 3. The molecule has 0 spiro atoms. The SMILES string of the molecule is Cn1ncc(NCC2CCC(O)CC2)c(Br)c1=O. The molecule has 1 fully saturated rings. The van der Waals surface area contributed by atoms with Gasteiger partial charge in [-0.15, -0.1) is 0 Å². The van der Waals surface area contributed by atoms with Gasteiger partial charge in [-0.3, -0.25) is 4.79 Å². The van der Waals surface area contributed by atoms with Gasteiger partial charge in [0.05, 0.1) is 18.0 Å². The van der Waals surface area contributed by atoms with E-state index in [-0.39, 0.29) is 11.7 Å². The van der Waals surface area contributed by atoms with Gasteiger partial charge in [0.15, 0.2) is 0 Å². The predicted octanol–water partition coefficient (Wildman–Crippen LogP) is 1.51. The van der Waals surface area contributed by atoms with Crippen LogP contribution in [-0.4, -0.2) is 27.5 Å². The molecule has 0 bridgehead atoms. The van der Waals surface area contributed by atoms with Crippen LogP contribution < -0.4 is 10.9 Å². The second kappa shape index (κ2) is 5.84. The van der Waals surface area contributed by atoms with E-state index in [0.29, 0.717) is 10.4 Å². The highest BCUT2D eigenvalue weighted by Crippen LogP contribution is 2.25. The minimum Gasteiger partial charge on any atom is -0.393 e. The topological polar surface area (TPSA) is 67.2 Å². The van der Waals surface area contributed by atoms with Crippen molar-refractivity contribution in [3.8, 4) is 0 Å². The minimum absolute atomic E-state index is 0.126. The third-order valence-electron chi connectivity index (χ3n) is 3.48. The van der Waals surface area contributed by atoms with E-state index >= 15 is 0 Å². The maximum atomic E-state index is 11.7. The quantitative estimate of drug-likeness (QED) is 0.887. The van der Waals surface area contributed by atoms with Gasteiger partial charge in [-0.2, -0.15) is 5.10 Å². The van der Waals surface area contributed by atoms with Crippen LogP contribution in [0.3, 0.4) is 0 Å². The standard InChI is InChI=1S/C12H18BrN3O2/c1-16-12(18)11(13)10(7-15-16)14-6-8-2-4-9(17)5-3-8/h7-9,14,17H,2-6H2,1H3. The zero-order valence-electron chi connectivity index (χ0n) is 10.4. The second-order valence-electron chi connectivity index (χ2n) is 4.86. The predicted molar refractivity (Wildman–Crippen MR) is 73.6 cm³/mol. The highest BCUT2D eigenvalue weighted by atomic mass is 79.9. The van der Waals surface area contributed by atoms with Gasteiger partial charge in [0.1, 0.15) is 4.47 Å². The summed E-state index contributed by atoms with van der Waals surface area (Å²) < 4.78 is 1.82. The van der Waals surface area contributed by atoms with E-state index in [1.165, 1.54) is 4.68 Å². The van der Waals surface area contributed by atoms with Crippen LogP contribution >= 0.6 is 15.9 Å². The molecule has 100 valence electrons. The lowest BCUT2D eigenvalue weighted by molar-refractivity contribution is 0.111. The number of aliphatic hydroxyl groups excluding tert-OH is 1. The van der Waals surface area contributed by atoms with Crippen molar-refractivity contribution < 1.29 is 5.11 Å². The van der Waals surface area contributed by atoms with Gasteiger partial charge in [-0.05, 0) is 47.5 Å². The van der Waals surface area contributed by atoms with E-state index < -0.39 is 0 Å². The Hall–Kier alpha value is -0.880. The largest absolute Gasteiger partial charge is 0.393 e. The zero-order chi connectivity index (χ0) is 13.1. The van der Waals surface area contributed by atoms with Crippen LogP contribution in [0.15, 0.2) is 15.5 Å². The molecule has 0 radical (unpaired) electrons. The molecule has 1 heterocycles. The number of aryl methyl sites for hydroxylation is 1. The van der Waals surface area contributed by atoms with Crippen LogP contribution in [-0.2, 0) is 7.05 Å². The van der Waals surface area contributed by atoms with Crippen LogP contribution in [0, 0.1) is 5.92 Å². The Labute approximate surface area is 114 Å². The molecule has 2 N–H and O–H groups in total. The fourth-order valence-corrected chi connectivity index (χ4v) is 2.74. The summed E-state index contributed by atoms with van der Waals surface area (Å²) in [5, 5.41) is 16.7. The van der Waals surface area contributed by atoms with Crippen molar-refractivity contribution in [2.24, 2.45) is 13.0 Å². The number of nitrogens with zero attached hydrogens (tertiary/aromatic N) is 2. The normalized spacial score (nSPS) is 23.9. The Morgan fingerprint density at radius 1 is 1.50 bits per heavy atom. The lowest BCUT2D eigenvalue weighted by Crippen LogP contribution is -2.25. The molecule has 18 heavy (non-hydrogen) atoms. The second-order valence-corrected chi connectivity index (χ2v) is 5.65. The molecule has 1 aliphatic carbocycles. The van der Waals surface area contributed by atoms with Gasteiger partial charge in [0.2, 0.25) is 0 Å². The Bertz CT molecular complexity index is 467. The number of aromatic nitrogens is 2. The lowest BCUT2D eigenvalue weighted by atomic mass is 9.87. The first-order chi connectivity index (χ1) is 8.58. The van der Waals surface area contributed by atoms with Crippen LogP contribution in [0.2, 0.25) is 0 Å². The summed E-state index contributed by atoms with van der Waals surface area (Å²) in [5.74, 6) is 0.560. The summed E-state index contributed by atoms with van der Waals surface area (Å²) in [6, 6.07) is 0. The molecule has 0 unspecified atom stereocenters. The summed E-state index contributed by atoms with van der Waals surface area (Å²) in [6.45, 7) is 0.820. The van der Waals surface area contributed by atoms with Crippen LogP contribution in [0.4, 0.5) is 5.69 Å². The Balaban J connectivity index is 1.94. The first-order valence-corrected chi connectivity index (χ1v) is 7.01. The van der Waals surface area contributed by atoms with Crippen molar-refractivity contribution in [2.45, 2.75) is 31.8 Å². The number of hydrogen-bond acceptors (Lipinski definition) is 4. The van der Waals surface area contributed by atoms with Gasteiger partial charge < -0.3 is 10.4 Å². The summed E-state index contributed by atoms with van der Waals surface area (Å²) in [7, 11) is 1.62. The number of anilines is 1. The lowest BCUT2D eigenvalue weighted by Gasteiger charge is -2.25. The van der Waals surface area contributed by atoms with Crippen molar-refractivity contribution in [3.63, 3.8) is 0 Å². The molecule has 0 aromatic carbocycles. The maximum Gasteiger partial charge on any atom is 0.282 e. The first kappa shape index (κ1) is 13.5. The van der Waals surface area contributed by atoms with Gasteiger partial charge in [0, 0.05) is 13.6 Å². The maximum absolute atomic E-state index is 11.7. The highest BCUT2D eigenvalue weighted by Gasteiger charge is 2.19. The van der Waals surface area contributed by atoms with E-state index in [2.05, 4.69) is 26.3 Å². The molecule has 6 heteroatoms. The van der Waals surface area contributed by atoms with Crippen molar-refractivity contribution in [1.29, 1.82) is 0 Å². The minimum atomic E-state index is -0.140. The molecule has 5 nitrogen and oxygen atoms in total. The Morgan fingerprint density at radius 2 is 2.17 bits per heavy atom. The van der Waals surface area contributed by atoms with Crippen molar-refractivity contribution in [1.82, 2.24) is 9.78 Å². The average Bonchev–Trinajstić information content (AvgIpc) is 2.37. The zero-order valence-corrected chi connectivity index (χ0v) is 12.0. The highest BCUT2D eigenvalue weighted by molar-refractivity contribution is 9.10. The summed E-state index contributed by atoms with van der Waals surface area (Å²) in [6.07, 6.45) is 5.35. The van der Waals surface area contributed by atoms with E-state index in [1.54, 1.807) is 13.2 Å². The molecule has 2 rings (SSSR count). The van der Waals surface area contributed by atoms with Crippen LogP contribution in [0.1, 0.15) is 25.7 Å². The summed E-state index contributed by atoms with van der Waals surface area (Å²) in [4.78, 5) is 11.7. The first-order valence-electron chi connectivity index (χ1n) is 6.21. The van der Waals surface area contributed by atoms with Gasteiger partial charge >= 0.3 is 0 Å². The monoisotopic (exact) mass is 315 g/mol. The Kier molecular flexibility index (Phi) is 4.40. The Morgan fingerprint density at radius 3 is 2.83 bits per heavy atom. The van der Waals surface area contributed by atoms with E-state index in [1.807, 2.05) is 0 Å². The number of aliphatic hydroxyl groups is 1. The van der Waals surface area contributed by atoms with Crippen LogP contribution in [0.5, 0.6) is 0 Å². The van der Waals surface area contributed by atoms with E-state index in [0.717, 1.165) is 37.9 Å². The van der Waals surface area contributed by atoms with Gasteiger partial charge in [-0.25, -0.2) is 4.68 Å².